The molecule has 2 rings (SSSR count). The average molecular weight is 382 g/mol. The summed E-state index contributed by atoms with van der Waals surface area (Å²) in [4.78, 5) is 19.1. The van der Waals surface area contributed by atoms with E-state index in [9.17, 15) is 13.2 Å². The molecular formula is C19H31N3O3S. The zero-order valence-corrected chi connectivity index (χ0v) is 16.7. The molecule has 0 spiro atoms. The Hall–Kier alpha value is -1.47. The molecule has 1 aliphatic heterocycles. The number of amides is 1. The molecule has 1 aromatic heterocycles. The van der Waals surface area contributed by atoms with E-state index in [0.29, 0.717) is 6.54 Å². The maximum atomic E-state index is 12.9. The maximum Gasteiger partial charge on any atom is 0.224 e. The summed E-state index contributed by atoms with van der Waals surface area (Å²) in [6.07, 6.45) is 4.61. The molecule has 1 amide bonds. The predicted molar refractivity (Wildman–Crippen MR) is 103 cm³/mol. The Morgan fingerprint density at radius 3 is 2.81 bits per heavy atom. The molecule has 1 unspecified atom stereocenters. The summed E-state index contributed by atoms with van der Waals surface area (Å²) in [6.45, 7) is 6.04. The van der Waals surface area contributed by atoms with Gasteiger partial charge in [0.1, 0.15) is 0 Å². The lowest BCUT2D eigenvalue weighted by molar-refractivity contribution is -0.134. The Bertz CT molecular complexity index is 654. The van der Waals surface area contributed by atoms with Crippen LogP contribution in [-0.2, 0) is 21.2 Å². The van der Waals surface area contributed by atoms with Gasteiger partial charge in [0.25, 0.3) is 0 Å². The van der Waals surface area contributed by atoms with Gasteiger partial charge in [-0.05, 0) is 50.4 Å². The van der Waals surface area contributed by atoms with Crippen LogP contribution in [0.3, 0.4) is 0 Å². The van der Waals surface area contributed by atoms with Crippen LogP contribution in [0.4, 0.5) is 0 Å². The standard InChI is InChI=1S/C19H31N3O3S/c1-16(2)15-26(24,25)13-9-19(23)22(14-17-6-3-4-11-21-17)18-7-5-10-20-12-8-18/h3-4,6,11,16,18,20H,5,7-10,12-15H2,1-2H3. The molecule has 2 heterocycles. The summed E-state index contributed by atoms with van der Waals surface area (Å²) in [6, 6.07) is 5.80. The summed E-state index contributed by atoms with van der Waals surface area (Å²) in [5, 5.41) is 3.36. The van der Waals surface area contributed by atoms with Crippen LogP contribution in [0.5, 0.6) is 0 Å². The monoisotopic (exact) mass is 381 g/mol. The average Bonchev–Trinajstić information content (AvgIpc) is 2.87. The van der Waals surface area contributed by atoms with Crippen molar-refractivity contribution < 1.29 is 13.2 Å². The highest BCUT2D eigenvalue weighted by molar-refractivity contribution is 7.91. The van der Waals surface area contributed by atoms with Crippen molar-refractivity contribution in [2.75, 3.05) is 24.6 Å². The van der Waals surface area contributed by atoms with Crippen molar-refractivity contribution in [1.82, 2.24) is 15.2 Å². The highest BCUT2D eigenvalue weighted by Crippen LogP contribution is 2.18. The largest absolute Gasteiger partial charge is 0.334 e. The fourth-order valence-electron chi connectivity index (χ4n) is 3.38. The lowest BCUT2D eigenvalue weighted by atomic mass is 10.1. The van der Waals surface area contributed by atoms with E-state index in [0.717, 1.165) is 38.0 Å². The third-order valence-corrected chi connectivity index (χ3v) is 6.58. The number of nitrogens with zero attached hydrogens (tertiary/aromatic N) is 2. The van der Waals surface area contributed by atoms with Gasteiger partial charge in [0, 0.05) is 18.7 Å². The van der Waals surface area contributed by atoms with Gasteiger partial charge in [-0.1, -0.05) is 19.9 Å². The number of rotatable bonds is 8. The van der Waals surface area contributed by atoms with Crippen LogP contribution < -0.4 is 5.32 Å². The number of nitrogens with one attached hydrogen (secondary N) is 1. The Morgan fingerprint density at radius 2 is 2.12 bits per heavy atom. The normalized spacial score (nSPS) is 18.5. The van der Waals surface area contributed by atoms with Crippen molar-refractivity contribution in [3.05, 3.63) is 30.1 Å². The van der Waals surface area contributed by atoms with E-state index in [2.05, 4.69) is 10.3 Å². The second-order valence-electron chi connectivity index (χ2n) is 7.44. The molecule has 1 aliphatic rings. The smallest absolute Gasteiger partial charge is 0.224 e. The first-order valence-corrected chi connectivity index (χ1v) is 11.3. The van der Waals surface area contributed by atoms with Gasteiger partial charge in [0.05, 0.1) is 23.7 Å². The van der Waals surface area contributed by atoms with Gasteiger partial charge in [0.15, 0.2) is 9.84 Å². The Morgan fingerprint density at radius 1 is 1.31 bits per heavy atom. The molecule has 1 fully saturated rings. The summed E-state index contributed by atoms with van der Waals surface area (Å²) in [5.41, 5.74) is 0.836. The van der Waals surface area contributed by atoms with E-state index in [4.69, 9.17) is 0 Å². The summed E-state index contributed by atoms with van der Waals surface area (Å²) < 4.78 is 24.3. The number of aromatic nitrogens is 1. The molecule has 0 bridgehead atoms. The van der Waals surface area contributed by atoms with Crippen LogP contribution in [0.25, 0.3) is 0 Å². The van der Waals surface area contributed by atoms with Crippen LogP contribution >= 0.6 is 0 Å². The van der Waals surface area contributed by atoms with Gasteiger partial charge in [-0.25, -0.2) is 8.42 Å². The molecule has 146 valence electrons. The molecule has 1 N–H and O–H groups in total. The van der Waals surface area contributed by atoms with E-state index in [1.807, 2.05) is 36.9 Å². The Balaban J connectivity index is 2.07. The van der Waals surface area contributed by atoms with Crippen molar-refractivity contribution in [2.24, 2.45) is 5.92 Å². The molecule has 0 radical (unpaired) electrons. The minimum atomic E-state index is -3.20. The summed E-state index contributed by atoms with van der Waals surface area (Å²) in [7, 11) is -3.20. The summed E-state index contributed by atoms with van der Waals surface area (Å²) in [5.74, 6) is 0.0456. The molecule has 7 heteroatoms. The van der Waals surface area contributed by atoms with Gasteiger partial charge in [-0.3, -0.25) is 9.78 Å². The fraction of sp³-hybridized carbons (Fsp3) is 0.684. The zero-order chi connectivity index (χ0) is 19.0. The van der Waals surface area contributed by atoms with Gasteiger partial charge >= 0.3 is 0 Å². The number of sulfone groups is 1. The van der Waals surface area contributed by atoms with Crippen molar-refractivity contribution in [3.8, 4) is 0 Å². The fourth-order valence-corrected chi connectivity index (χ4v) is 5.05. The van der Waals surface area contributed by atoms with Crippen molar-refractivity contribution in [2.45, 2.75) is 52.1 Å². The Kier molecular flexibility index (Phi) is 8.03. The first-order chi connectivity index (χ1) is 12.4. The van der Waals surface area contributed by atoms with Crippen LogP contribution in [0.1, 0.15) is 45.2 Å². The first kappa shape index (κ1) is 20.8. The lowest BCUT2D eigenvalue weighted by Crippen LogP contribution is -2.41. The lowest BCUT2D eigenvalue weighted by Gasteiger charge is -2.31. The molecular weight excluding hydrogens is 350 g/mol. The van der Waals surface area contributed by atoms with E-state index < -0.39 is 9.84 Å². The molecule has 1 saturated heterocycles. The number of carbonyl (C=O) groups is 1. The topological polar surface area (TPSA) is 79.4 Å². The predicted octanol–water partition coefficient (Wildman–Crippen LogP) is 2.01. The number of pyridine rings is 1. The van der Waals surface area contributed by atoms with Crippen molar-refractivity contribution >= 4 is 15.7 Å². The van der Waals surface area contributed by atoms with Crippen LogP contribution in [0.15, 0.2) is 24.4 Å². The van der Waals surface area contributed by atoms with Gasteiger partial charge in [-0.15, -0.1) is 0 Å². The van der Waals surface area contributed by atoms with Gasteiger partial charge in [0.2, 0.25) is 5.91 Å². The second kappa shape index (κ2) is 10.0. The van der Waals surface area contributed by atoms with Crippen LogP contribution in [-0.4, -0.2) is 54.8 Å². The van der Waals surface area contributed by atoms with E-state index in [-0.39, 0.29) is 35.8 Å². The number of hydrogen-bond donors (Lipinski definition) is 1. The molecule has 6 nitrogen and oxygen atoms in total. The SMILES string of the molecule is CC(C)CS(=O)(=O)CCC(=O)N(Cc1ccccn1)C1CCCNCC1. The molecule has 1 atom stereocenters. The summed E-state index contributed by atoms with van der Waals surface area (Å²) >= 11 is 0. The highest BCUT2D eigenvalue weighted by Gasteiger charge is 2.26. The van der Waals surface area contributed by atoms with Gasteiger partial charge < -0.3 is 10.2 Å². The Labute approximate surface area is 157 Å². The van der Waals surface area contributed by atoms with Crippen LogP contribution in [0, 0.1) is 5.92 Å². The van der Waals surface area contributed by atoms with Crippen molar-refractivity contribution in [1.29, 1.82) is 0 Å². The second-order valence-corrected chi connectivity index (χ2v) is 9.66. The quantitative estimate of drug-likeness (QED) is 0.745. The highest BCUT2D eigenvalue weighted by atomic mass is 32.2. The van der Waals surface area contributed by atoms with Crippen LogP contribution in [0.2, 0.25) is 0 Å². The number of hydrogen-bond acceptors (Lipinski definition) is 5. The minimum Gasteiger partial charge on any atom is -0.334 e. The maximum absolute atomic E-state index is 12.9. The molecule has 0 aromatic carbocycles. The molecule has 0 saturated carbocycles. The number of carbonyl (C=O) groups excluding carboxylic acids is 1. The third-order valence-electron chi connectivity index (χ3n) is 4.58. The molecule has 26 heavy (non-hydrogen) atoms. The van der Waals surface area contributed by atoms with Gasteiger partial charge in [-0.2, -0.15) is 0 Å². The molecule has 1 aromatic rings. The van der Waals surface area contributed by atoms with E-state index in [1.54, 1.807) is 6.20 Å². The minimum absolute atomic E-state index is 0.0474. The zero-order valence-electron chi connectivity index (χ0n) is 15.9. The van der Waals surface area contributed by atoms with E-state index in [1.165, 1.54) is 0 Å². The van der Waals surface area contributed by atoms with E-state index >= 15 is 0 Å². The first-order valence-electron chi connectivity index (χ1n) is 9.48. The third kappa shape index (κ3) is 7.03. The molecule has 0 aliphatic carbocycles. The van der Waals surface area contributed by atoms with Crippen molar-refractivity contribution in [3.63, 3.8) is 0 Å².